The van der Waals surface area contributed by atoms with E-state index in [2.05, 4.69) is 46.6 Å². The number of H-pyrrole nitrogens is 1. The van der Waals surface area contributed by atoms with E-state index < -0.39 is 0 Å². The van der Waals surface area contributed by atoms with Crippen molar-refractivity contribution in [2.75, 3.05) is 20.6 Å². The summed E-state index contributed by atoms with van der Waals surface area (Å²) in [7, 11) is 4.15. The number of rotatable bonds is 6. The smallest absolute Gasteiger partial charge is 0.117 e. The zero-order chi connectivity index (χ0) is 13.7. The van der Waals surface area contributed by atoms with Gasteiger partial charge >= 0.3 is 0 Å². The summed E-state index contributed by atoms with van der Waals surface area (Å²) < 4.78 is 0. The fourth-order valence-electron chi connectivity index (χ4n) is 2.09. The predicted molar refractivity (Wildman–Crippen MR) is 76.7 cm³/mol. The lowest BCUT2D eigenvalue weighted by Gasteiger charge is -2.17. The van der Waals surface area contributed by atoms with Gasteiger partial charge in [0.05, 0.1) is 0 Å². The number of nitrogens with one attached hydrogen (secondary N) is 2. The van der Waals surface area contributed by atoms with Crippen LogP contribution in [0.15, 0.2) is 30.3 Å². The van der Waals surface area contributed by atoms with Crippen LogP contribution in [-0.4, -0.2) is 47.0 Å². The molecule has 0 bridgehead atoms. The van der Waals surface area contributed by atoms with E-state index in [1.165, 1.54) is 0 Å². The molecule has 1 heterocycles. The van der Waals surface area contributed by atoms with Crippen molar-refractivity contribution in [3.63, 3.8) is 0 Å². The minimum Gasteiger partial charge on any atom is -0.308 e. The number of aromatic nitrogens is 3. The molecular weight excluding hydrogens is 238 g/mol. The molecule has 0 amide bonds. The van der Waals surface area contributed by atoms with Crippen molar-refractivity contribution in [2.24, 2.45) is 0 Å². The van der Waals surface area contributed by atoms with Crippen LogP contribution < -0.4 is 5.32 Å². The Bertz CT molecular complexity index is 492. The second-order valence-corrected chi connectivity index (χ2v) is 5.03. The van der Waals surface area contributed by atoms with E-state index in [9.17, 15) is 0 Å². The predicted octanol–water partition coefficient (Wildman–Crippen LogP) is 1.51. The standard InChI is InChI=1S/C14H21N5/c1-11(10-19(2)3)15-9-13-14(17-18-16-13)12-7-5-4-6-8-12/h4-8,11,15H,9-10H2,1-3H3,(H,16,17,18). The van der Waals surface area contributed by atoms with E-state index in [4.69, 9.17) is 0 Å². The Morgan fingerprint density at radius 2 is 1.95 bits per heavy atom. The van der Waals surface area contributed by atoms with Gasteiger partial charge in [-0.15, -0.1) is 0 Å². The molecule has 2 N–H and O–H groups in total. The Morgan fingerprint density at radius 3 is 2.63 bits per heavy atom. The molecule has 0 radical (unpaired) electrons. The van der Waals surface area contributed by atoms with Crippen molar-refractivity contribution in [2.45, 2.75) is 19.5 Å². The molecule has 102 valence electrons. The molecule has 0 spiro atoms. The van der Waals surface area contributed by atoms with E-state index in [0.717, 1.165) is 30.0 Å². The molecule has 0 aliphatic carbocycles. The Balaban J connectivity index is 2.01. The van der Waals surface area contributed by atoms with E-state index >= 15 is 0 Å². The van der Waals surface area contributed by atoms with Crippen LogP contribution in [0.25, 0.3) is 11.3 Å². The molecule has 1 atom stereocenters. The summed E-state index contributed by atoms with van der Waals surface area (Å²) in [5, 5.41) is 14.6. The van der Waals surface area contributed by atoms with Crippen LogP contribution in [0.4, 0.5) is 0 Å². The Hall–Kier alpha value is -1.72. The average Bonchev–Trinajstić information content (AvgIpc) is 2.85. The van der Waals surface area contributed by atoms with E-state index in [1.54, 1.807) is 0 Å². The molecule has 1 unspecified atom stereocenters. The Labute approximate surface area is 114 Å². The monoisotopic (exact) mass is 259 g/mol. The number of hydrogen-bond donors (Lipinski definition) is 2. The molecule has 0 fully saturated rings. The van der Waals surface area contributed by atoms with Crippen molar-refractivity contribution < 1.29 is 0 Å². The third-order valence-electron chi connectivity index (χ3n) is 2.92. The van der Waals surface area contributed by atoms with Crippen LogP contribution in [0.2, 0.25) is 0 Å². The molecule has 1 aromatic heterocycles. The Kier molecular flexibility index (Phi) is 4.65. The number of aromatic amines is 1. The summed E-state index contributed by atoms with van der Waals surface area (Å²) >= 11 is 0. The second kappa shape index (κ2) is 6.45. The van der Waals surface area contributed by atoms with Gasteiger partial charge < -0.3 is 10.2 Å². The lowest BCUT2D eigenvalue weighted by molar-refractivity contribution is 0.348. The molecule has 0 aliphatic heterocycles. The van der Waals surface area contributed by atoms with Crippen molar-refractivity contribution >= 4 is 0 Å². The highest BCUT2D eigenvalue weighted by molar-refractivity contribution is 5.60. The number of nitrogens with zero attached hydrogens (tertiary/aromatic N) is 3. The quantitative estimate of drug-likeness (QED) is 0.825. The molecule has 2 aromatic rings. The van der Waals surface area contributed by atoms with Gasteiger partial charge in [-0.2, -0.15) is 15.4 Å². The summed E-state index contributed by atoms with van der Waals surface area (Å²) in [5.74, 6) is 0. The third-order valence-corrected chi connectivity index (χ3v) is 2.92. The maximum atomic E-state index is 4.24. The van der Waals surface area contributed by atoms with Gasteiger partial charge in [0.2, 0.25) is 0 Å². The average molecular weight is 259 g/mol. The summed E-state index contributed by atoms with van der Waals surface area (Å²) in [6, 6.07) is 10.5. The van der Waals surface area contributed by atoms with Crippen LogP contribution in [0.1, 0.15) is 12.6 Å². The van der Waals surface area contributed by atoms with Crippen LogP contribution in [0.3, 0.4) is 0 Å². The first-order chi connectivity index (χ1) is 9.16. The zero-order valence-corrected chi connectivity index (χ0v) is 11.7. The van der Waals surface area contributed by atoms with Gasteiger partial charge in [0.1, 0.15) is 11.4 Å². The molecule has 0 saturated carbocycles. The highest BCUT2D eigenvalue weighted by Gasteiger charge is 2.11. The summed E-state index contributed by atoms with van der Waals surface area (Å²) in [4.78, 5) is 2.17. The first-order valence-electron chi connectivity index (χ1n) is 6.50. The maximum absolute atomic E-state index is 4.24. The molecule has 0 aliphatic rings. The zero-order valence-electron chi connectivity index (χ0n) is 11.7. The van der Waals surface area contributed by atoms with Gasteiger partial charge in [-0.1, -0.05) is 30.3 Å². The second-order valence-electron chi connectivity index (χ2n) is 5.03. The first-order valence-corrected chi connectivity index (χ1v) is 6.50. The lowest BCUT2D eigenvalue weighted by atomic mass is 10.1. The summed E-state index contributed by atoms with van der Waals surface area (Å²) in [5.41, 5.74) is 2.97. The fourth-order valence-corrected chi connectivity index (χ4v) is 2.09. The van der Waals surface area contributed by atoms with Crippen molar-refractivity contribution in [3.8, 4) is 11.3 Å². The summed E-state index contributed by atoms with van der Waals surface area (Å²) in [6.07, 6.45) is 0. The molecular formula is C14H21N5. The van der Waals surface area contributed by atoms with Gasteiger partial charge in [-0.25, -0.2) is 0 Å². The largest absolute Gasteiger partial charge is 0.308 e. The first kappa shape index (κ1) is 13.7. The van der Waals surface area contributed by atoms with E-state index in [-0.39, 0.29) is 0 Å². The SMILES string of the molecule is CC(CN(C)C)NCc1n[nH]nc1-c1ccccc1. The Morgan fingerprint density at radius 1 is 1.21 bits per heavy atom. The molecule has 1 aromatic carbocycles. The molecule has 19 heavy (non-hydrogen) atoms. The summed E-state index contributed by atoms with van der Waals surface area (Å²) in [6.45, 7) is 3.89. The molecule has 2 rings (SSSR count). The highest BCUT2D eigenvalue weighted by atomic mass is 15.3. The van der Waals surface area contributed by atoms with E-state index in [1.807, 2.05) is 30.3 Å². The van der Waals surface area contributed by atoms with Gasteiger partial charge in [0.15, 0.2) is 0 Å². The van der Waals surface area contributed by atoms with Gasteiger partial charge in [0.25, 0.3) is 0 Å². The maximum Gasteiger partial charge on any atom is 0.117 e. The minimum absolute atomic E-state index is 0.412. The molecule has 5 heteroatoms. The third kappa shape index (κ3) is 3.87. The van der Waals surface area contributed by atoms with Gasteiger partial charge in [0, 0.05) is 24.7 Å². The van der Waals surface area contributed by atoms with Crippen molar-refractivity contribution in [1.29, 1.82) is 0 Å². The number of benzene rings is 1. The van der Waals surface area contributed by atoms with Gasteiger partial charge in [-0.3, -0.25) is 0 Å². The normalized spacial score (nSPS) is 12.8. The van der Waals surface area contributed by atoms with Crippen LogP contribution >= 0.6 is 0 Å². The van der Waals surface area contributed by atoms with Crippen LogP contribution in [0, 0.1) is 0 Å². The number of hydrogen-bond acceptors (Lipinski definition) is 4. The minimum atomic E-state index is 0.412. The van der Waals surface area contributed by atoms with Crippen molar-refractivity contribution in [3.05, 3.63) is 36.0 Å². The fraction of sp³-hybridized carbons (Fsp3) is 0.429. The van der Waals surface area contributed by atoms with Crippen LogP contribution in [0.5, 0.6) is 0 Å². The van der Waals surface area contributed by atoms with Crippen LogP contribution in [-0.2, 0) is 6.54 Å². The lowest BCUT2D eigenvalue weighted by Crippen LogP contribution is -2.35. The van der Waals surface area contributed by atoms with Crippen molar-refractivity contribution in [1.82, 2.24) is 25.6 Å². The molecule has 0 saturated heterocycles. The van der Waals surface area contributed by atoms with E-state index in [0.29, 0.717) is 6.04 Å². The van der Waals surface area contributed by atoms with Gasteiger partial charge in [-0.05, 0) is 21.0 Å². The topological polar surface area (TPSA) is 56.8 Å². The molecule has 5 nitrogen and oxygen atoms in total. The number of likely N-dealkylation sites (N-methyl/N-ethyl adjacent to an activating group) is 1. The highest BCUT2D eigenvalue weighted by Crippen LogP contribution is 2.18.